The van der Waals surface area contributed by atoms with Crippen LogP contribution < -0.4 is 11.1 Å². The zero-order valence-electron chi connectivity index (χ0n) is 12.5. The number of rotatable bonds is 2. The summed E-state index contributed by atoms with van der Waals surface area (Å²) in [6.45, 7) is 0. The molecule has 1 heterocycles. The van der Waals surface area contributed by atoms with Crippen LogP contribution in [0.5, 0.6) is 0 Å². The number of anilines is 1. The number of amides is 1. The lowest BCUT2D eigenvalue weighted by atomic mass is 9.76. The molecule has 4 heteroatoms. The van der Waals surface area contributed by atoms with Crippen LogP contribution in [0.2, 0.25) is 5.02 Å². The fourth-order valence-corrected chi connectivity index (χ4v) is 3.87. The van der Waals surface area contributed by atoms with Gasteiger partial charge < -0.3 is 11.1 Å². The third-order valence-electron chi connectivity index (χ3n) is 4.88. The van der Waals surface area contributed by atoms with Gasteiger partial charge in [-0.2, -0.15) is 0 Å². The molecule has 0 radical (unpaired) electrons. The van der Waals surface area contributed by atoms with Gasteiger partial charge in [0.05, 0.1) is 6.04 Å². The van der Waals surface area contributed by atoms with Crippen molar-refractivity contribution >= 4 is 23.2 Å². The van der Waals surface area contributed by atoms with Crippen LogP contribution in [0.1, 0.15) is 39.9 Å². The van der Waals surface area contributed by atoms with Crippen molar-refractivity contribution in [1.82, 2.24) is 0 Å². The summed E-state index contributed by atoms with van der Waals surface area (Å²) in [6.07, 6.45) is 5.50. The summed E-state index contributed by atoms with van der Waals surface area (Å²) in [4.78, 5) is 11.5. The predicted molar refractivity (Wildman–Crippen MR) is 92.8 cm³/mol. The fraction of sp³-hybridized carbons (Fsp3) is 0.211. The lowest BCUT2D eigenvalue weighted by molar-refractivity contribution is 0.1000. The number of primary amides is 1. The molecule has 1 aliphatic carbocycles. The molecule has 0 aromatic heterocycles. The second-order valence-corrected chi connectivity index (χ2v) is 6.63. The van der Waals surface area contributed by atoms with Crippen molar-refractivity contribution in [3.05, 3.63) is 76.3 Å². The molecular weight excluding hydrogens is 308 g/mol. The predicted octanol–water partition coefficient (Wildman–Crippen LogP) is 4.27. The number of carbonyl (C=O) groups is 1. The molecule has 2 aliphatic rings. The molecule has 0 saturated carbocycles. The van der Waals surface area contributed by atoms with Gasteiger partial charge in [-0.25, -0.2) is 0 Å². The maximum atomic E-state index is 11.5. The van der Waals surface area contributed by atoms with Crippen molar-refractivity contribution in [2.75, 3.05) is 5.32 Å². The SMILES string of the molecule is NC(=O)c1ccc2c(c1)[C@@H]1C=CC[C@H]1[C@@H](c1ccc(Cl)cc1)N2. The van der Waals surface area contributed by atoms with E-state index >= 15 is 0 Å². The van der Waals surface area contributed by atoms with Crippen molar-refractivity contribution in [1.29, 1.82) is 0 Å². The molecule has 4 rings (SSSR count). The largest absolute Gasteiger partial charge is 0.378 e. The molecule has 23 heavy (non-hydrogen) atoms. The third-order valence-corrected chi connectivity index (χ3v) is 5.13. The van der Waals surface area contributed by atoms with Gasteiger partial charge in [0.1, 0.15) is 0 Å². The Kier molecular flexibility index (Phi) is 3.38. The van der Waals surface area contributed by atoms with E-state index in [4.69, 9.17) is 17.3 Å². The number of fused-ring (bicyclic) bond motifs is 3. The maximum absolute atomic E-state index is 11.5. The van der Waals surface area contributed by atoms with Crippen LogP contribution in [0.25, 0.3) is 0 Å². The number of hydrogen-bond donors (Lipinski definition) is 2. The van der Waals surface area contributed by atoms with E-state index in [1.165, 1.54) is 5.56 Å². The molecule has 0 bridgehead atoms. The van der Waals surface area contributed by atoms with Crippen LogP contribution in [-0.4, -0.2) is 5.91 Å². The number of hydrogen-bond acceptors (Lipinski definition) is 2. The van der Waals surface area contributed by atoms with Crippen LogP contribution in [-0.2, 0) is 0 Å². The third kappa shape index (κ3) is 2.41. The van der Waals surface area contributed by atoms with E-state index in [-0.39, 0.29) is 11.9 Å². The van der Waals surface area contributed by atoms with Gasteiger partial charge in [-0.3, -0.25) is 4.79 Å². The van der Waals surface area contributed by atoms with E-state index in [0.29, 0.717) is 17.4 Å². The Hall–Kier alpha value is -2.26. The summed E-state index contributed by atoms with van der Waals surface area (Å²) < 4.78 is 0. The first kappa shape index (κ1) is 14.3. The van der Waals surface area contributed by atoms with Crippen LogP contribution >= 0.6 is 11.6 Å². The molecule has 2 aromatic carbocycles. The summed E-state index contributed by atoms with van der Waals surface area (Å²) in [5, 5.41) is 4.38. The quantitative estimate of drug-likeness (QED) is 0.811. The molecule has 3 atom stereocenters. The van der Waals surface area contributed by atoms with Gasteiger partial charge in [0, 0.05) is 22.2 Å². The first-order valence-electron chi connectivity index (χ1n) is 7.76. The van der Waals surface area contributed by atoms with E-state index in [1.54, 1.807) is 6.07 Å². The number of halogens is 1. The minimum absolute atomic E-state index is 0.235. The van der Waals surface area contributed by atoms with Gasteiger partial charge in [0.15, 0.2) is 0 Å². The van der Waals surface area contributed by atoms with Crippen molar-refractivity contribution in [3.8, 4) is 0 Å². The number of carbonyl (C=O) groups excluding carboxylic acids is 1. The smallest absolute Gasteiger partial charge is 0.248 e. The number of nitrogens with two attached hydrogens (primary N) is 1. The molecular formula is C19H17ClN2O. The zero-order valence-corrected chi connectivity index (χ0v) is 13.3. The van der Waals surface area contributed by atoms with Crippen LogP contribution in [0.15, 0.2) is 54.6 Å². The summed E-state index contributed by atoms with van der Waals surface area (Å²) in [6, 6.07) is 13.9. The zero-order chi connectivity index (χ0) is 16.0. The van der Waals surface area contributed by atoms with E-state index in [1.807, 2.05) is 24.3 Å². The topological polar surface area (TPSA) is 55.1 Å². The monoisotopic (exact) mass is 324 g/mol. The van der Waals surface area contributed by atoms with Crippen molar-refractivity contribution in [2.24, 2.45) is 11.7 Å². The first-order chi connectivity index (χ1) is 11.1. The summed E-state index contributed by atoms with van der Waals surface area (Å²) in [5.74, 6) is 0.365. The summed E-state index contributed by atoms with van der Waals surface area (Å²) in [7, 11) is 0. The molecule has 3 nitrogen and oxygen atoms in total. The second kappa shape index (κ2) is 5.43. The highest BCUT2D eigenvalue weighted by atomic mass is 35.5. The van der Waals surface area contributed by atoms with Gasteiger partial charge in [-0.05, 0) is 53.8 Å². The van der Waals surface area contributed by atoms with E-state index < -0.39 is 0 Å². The van der Waals surface area contributed by atoms with Gasteiger partial charge in [-0.15, -0.1) is 0 Å². The minimum Gasteiger partial charge on any atom is -0.378 e. The Bertz CT molecular complexity index is 798. The number of allylic oxidation sites excluding steroid dienone is 2. The molecule has 0 fully saturated rings. The van der Waals surface area contributed by atoms with Crippen molar-refractivity contribution < 1.29 is 4.79 Å². The average molecular weight is 325 g/mol. The Morgan fingerprint density at radius 1 is 1.17 bits per heavy atom. The maximum Gasteiger partial charge on any atom is 0.248 e. The molecule has 0 saturated heterocycles. The molecule has 1 aliphatic heterocycles. The van der Waals surface area contributed by atoms with Gasteiger partial charge in [0.2, 0.25) is 5.91 Å². The van der Waals surface area contributed by atoms with Crippen LogP contribution in [0, 0.1) is 5.92 Å². The van der Waals surface area contributed by atoms with Crippen LogP contribution in [0.3, 0.4) is 0 Å². The Morgan fingerprint density at radius 2 is 1.96 bits per heavy atom. The van der Waals surface area contributed by atoms with Crippen LogP contribution in [0.4, 0.5) is 5.69 Å². The molecule has 1 amide bonds. The molecule has 116 valence electrons. The lowest BCUT2D eigenvalue weighted by Crippen LogP contribution is -2.29. The Balaban J connectivity index is 1.77. The van der Waals surface area contributed by atoms with E-state index in [0.717, 1.165) is 22.7 Å². The highest BCUT2D eigenvalue weighted by Gasteiger charge is 2.37. The molecule has 2 aromatic rings. The summed E-state index contributed by atoms with van der Waals surface area (Å²) >= 11 is 6.01. The Labute approximate surface area is 140 Å². The standard InChI is InChI=1S/C19H17ClN2O/c20-13-7-4-11(5-8-13)18-15-3-1-2-14(15)16-10-12(19(21)23)6-9-17(16)22-18/h1-2,4-10,14-15,18,22H,3H2,(H2,21,23)/t14-,15-,18-/m1/s1. The highest BCUT2D eigenvalue weighted by Crippen LogP contribution is 2.49. The molecule has 0 unspecified atom stereocenters. The van der Waals surface area contributed by atoms with Crippen molar-refractivity contribution in [3.63, 3.8) is 0 Å². The highest BCUT2D eigenvalue weighted by molar-refractivity contribution is 6.30. The van der Waals surface area contributed by atoms with Crippen molar-refractivity contribution in [2.45, 2.75) is 18.4 Å². The molecule has 3 N–H and O–H groups in total. The number of benzene rings is 2. The second-order valence-electron chi connectivity index (χ2n) is 6.19. The first-order valence-corrected chi connectivity index (χ1v) is 8.14. The summed E-state index contributed by atoms with van der Waals surface area (Å²) in [5.41, 5.74) is 9.45. The molecule has 0 spiro atoms. The van der Waals surface area contributed by atoms with Gasteiger partial charge in [0.25, 0.3) is 0 Å². The van der Waals surface area contributed by atoms with E-state index in [2.05, 4.69) is 29.6 Å². The van der Waals surface area contributed by atoms with Gasteiger partial charge >= 0.3 is 0 Å². The Morgan fingerprint density at radius 3 is 2.70 bits per heavy atom. The average Bonchev–Trinajstić information content (AvgIpc) is 3.04. The normalized spacial score (nSPS) is 24.7. The number of nitrogens with one attached hydrogen (secondary N) is 1. The van der Waals surface area contributed by atoms with E-state index in [9.17, 15) is 4.79 Å². The van der Waals surface area contributed by atoms with Gasteiger partial charge in [-0.1, -0.05) is 35.9 Å². The lowest BCUT2D eigenvalue weighted by Gasteiger charge is -2.37. The fourth-order valence-electron chi connectivity index (χ4n) is 3.75. The minimum atomic E-state index is -0.383.